The summed E-state index contributed by atoms with van der Waals surface area (Å²) in [4.78, 5) is 13.4. The monoisotopic (exact) mass is 448 g/mol. The summed E-state index contributed by atoms with van der Waals surface area (Å²) in [7, 11) is 0. The van der Waals surface area contributed by atoms with Crippen molar-refractivity contribution in [1.82, 2.24) is 20.2 Å². The molecule has 1 aliphatic rings. The van der Waals surface area contributed by atoms with Gasteiger partial charge in [-0.2, -0.15) is 4.68 Å². The van der Waals surface area contributed by atoms with Crippen molar-refractivity contribution < 1.29 is 14.3 Å². The molecule has 2 heterocycles. The molecule has 1 unspecified atom stereocenters. The summed E-state index contributed by atoms with van der Waals surface area (Å²) >= 11 is 0. The number of hydrogen-bond acceptors (Lipinski definition) is 7. The Labute approximate surface area is 192 Å². The van der Waals surface area contributed by atoms with Crippen LogP contribution < -0.4 is 20.1 Å². The number of para-hydroxylation sites is 1. The highest BCUT2D eigenvalue weighted by Crippen LogP contribution is 2.38. The summed E-state index contributed by atoms with van der Waals surface area (Å²) in [5, 5.41) is 18.1. The minimum atomic E-state index is -0.538. The minimum Gasteiger partial charge on any atom is -0.490 e. The number of allylic oxidation sites excluding steroid dienone is 1. The Morgan fingerprint density at radius 1 is 1.12 bits per heavy atom. The van der Waals surface area contributed by atoms with E-state index in [-0.39, 0.29) is 5.91 Å². The van der Waals surface area contributed by atoms with E-state index in [4.69, 9.17) is 9.47 Å². The molecule has 1 atom stereocenters. The van der Waals surface area contributed by atoms with Gasteiger partial charge in [0.15, 0.2) is 11.5 Å². The van der Waals surface area contributed by atoms with Crippen LogP contribution in [0.3, 0.4) is 0 Å². The van der Waals surface area contributed by atoms with Crippen LogP contribution in [-0.2, 0) is 4.79 Å². The summed E-state index contributed by atoms with van der Waals surface area (Å²) in [5.41, 5.74) is 2.71. The summed E-state index contributed by atoms with van der Waals surface area (Å²) in [6.45, 7) is 7.00. The van der Waals surface area contributed by atoms with E-state index in [2.05, 4.69) is 33.1 Å². The van der Waals surface area contributed by atoms with Gasteiger partial charge < -0.3 is 20.1 Å². The van der Waals surface area contributed by atoms with Gasteiger partial charge in [-0.1, -0.05) is 42.7 Å². The fraction of sp³-hybridized carbons (Fsp3) is 0.333. The number of aromatic nitrogens is 4. The van der Waals surface area contributed by atoms with Gasteiger partial charge in [-0.25, -0.2) is 0 Å². The van der Waals surface area contributed by atoms with Gasteiger partial charge in [-0.05, 0) is 60.5 Å². The maximum absolute atomic E-state index is 13.4. The Balaban J connectivity index is 1.72. The van der Waals surface area contributed by atoms with Crippen molar-refractivity contribution in [3.63, 3.8) is 0 Å². The lowest BCUT2D eigenvalue weighted by Crippen LogP contribution is -2.31. The molecule has 2 aromatic carbocycles. The van der Waals surface area contributed by atoms with E-state index in [1.807, 2.05) is 62.4 Å². The quantitative estimate of drug-likeness (QED) is 0.473. The molecule has 3 aromatic rings. The summed E-state index contributed by atoms with van der Waals surface area (Å²) in [6.07, 6.45) is 2.00. The number of ether oxygens (including phenoxy) is 2. The Hall–Kier alpha value is -3.88. The predicted octanol–water partition coefficient (Wildman–Crippen LogP) is 4.18. The van der Waals surface area contributed by atoms with E-state index in [9.17, 15) is 4.79 Å². The highest BCUT2D eigenvalue weighted by Gasteiger charge is 2.34. The van der Waals surface area contributed by atoms with Crippen molar-refractivity contribution in [2.45, 2.75) is 39.7 Å². The number of tetrazole rings is 1. The van der Waals surface area contributed by atoms with Gasteiger partial charge in [0, 0.05) is 11.4 Å². The van der Waals surface area contributed by atoms with E-state index in [0.717, 1.165) is 18.4 Å². The van der Waals surface area contributed by atoms with Crippen LogP contribution in [0.25, 0.3) is 0 Å². The first kappa shape index (κ1) is 22.3. The molecule has 9 heteroatoms. The first-order chi connectivity index (χ1) is 16.1. The molecule has 2 N–H and O–H groups in total. The Bertz CT molecular complexity index is 1140. The molecule has 0 spiro atoms. The third-order valence-corrected chi connectivity index (χ3v) is 5.33. The van der Waals surface area contributed by atoms with E-state index in [0.29, 0.717) is 47.6 Å². The lowest BCUT2D eigenvalue weighted by molar-refractivity contribution is -0.113. The summed E-state index contributed by atoms with van der Waals surface area (Å²) < 4.78 is 13.4. The largest absolute Gasteiger partial charge is 0.490 e. The number of fused-ring (bicyclic) bond motifs is 1. The molecule has 1 aliphatic heterocycles. The summed E-state index contributed by atoms with van der Waals surface area (Å²) in [6, 6.07) is 14.5. The second kappa shape index (κ2) is 10.2. The van der Waals surface area contributed by atoms with Crippen LogP contribution in [0.1, 0.15) is 45.2 Å². The Morgan fingerprint density at radius 2 is 1.94 bits per heavy atom. The van der Waals surface area contributed by atoms with Crippen molar-refractivity contribution in [1.29, 1.82) is 0 Å². The van der Waals surface area contributed by atoms with Crippen molar-refractivity contribution in [2.24, 2.45) is 0 Å². The third-order valence-electron chi connectivity index (χ3n) is 5.33. The number of hydrogen-bond donors (Lipinski definition) is 2. The first-order valence-corrected chi connectivity index (χ1v) is 11.1. The van der Waals surface area contributed by atoms with Crippen molar-refractivity contribution in [3.8, 4) is 11.5 Å². The molecular formula is C24H28N6O3. The molecule has 0 radical (unpaired) electrons. The van der Waals surface area contributed by atoms with E-state index in [1.54, 1.807) is 4.68 Å². The van der Waals surface area contributed by atoms with Crippen molar-refractivity contribution >= 4 is 17.5 Å². The lowest BCUT2D eigenvalue weighted by Gasteiger charge is -2.28. The zero-order valence-corrected chi connectivity index (χ0v) is 19.0. The van der Waals surface area contributed by atoms with Crippen molar-refractivity contribution in [3.05, 3.63) is 65.4 Å². The van der Waals surface area contributed by atoms with Crippen LogP contribution >= 0.6 is 0 Å². The third kappa shape index (κ3) is 4.82. The molecule has 0 aliphatic carbocycles. The van der Waals surface area contributed by atoms with Gasteiger partial charge >= 0.3 is 0 Å². The van der Waals surface area contributed by atoms with Gasteiger partial charge in [0.25, 0.3) is 5.91 Å². The van der Waals surface area contributed by atoms with Gasteiger partial charge in [0.2, 0.25) is 5.95 Å². The smallest absolute Gasteiger partial charge is 0.255 e. The highest BCUT2D eigenvalue weighted by molar-refractivity contribution is 6.06. The fourth-order valence-electron chi connectivity index (χ4n) is 3.74. The van der Waals surface area contributed by atoms with Crippen LogP contribution in [0.4, 0.5) is 11.6 Å². The Kier molecular flexibility index (Phi) is 6.87. The SMILES string of the molecule is CCCCOc1ccc(C2C(C(=O)Nc3ccccc3)=C(C)Nc3nnnn32)cc1OCC. The standard InChI is InChI=1S/C24H28N6O3/c1-4-6-14-33-19-13-12-17(15-20(19)32-5-2)22-21(16(3)25-24-27-28-29-30(22)24)23(31)26-18-10-8-7-9-11-18/h7-13,15,22H,4-6,14H2,1-3H3,(H,26,31)(H,25,27,29). The number of amides is 1. The van der Waals surface area contributed by atoms with Gasteiger partial charge in [0.1, 0.15) is 6.04 Å². The minimum absolute atomic E-state index is 0.237. The second-order valence-electron chi connectivity index (χ2n) is 7.67. The molecule has 0 fully saturated rings. The lowest BCUT2D eigenvalue weighted by atomic mass is 9.94. The second-order valence-corrected chi connectivity index (χ2v) is 7.67. The van der Waals surface area contributed by atoms with E-state index in [1.165, 1.54) is 0 Å². The fourth-order valence-corrected chi connectivity index (χ4v) is 3.74. The number of benzene rings is 2. The normalized spacial score (nSPS) is 14.9. The number of carbonyl (C=O) groups is 1. The number of anilines is 2. The van der Waals surface area contributed by atoms with E-state index >= 15 is 0 Å². The highest BCUT2D eigenvalue weighted by atomic mass is 16.5. The molecule has 0 saturated carbocycles. The zero-order valence-electron chi connectivity index (χ0n) is 19.0. The molecule has 172 valence electrons. The molecule has 1 amide bonds. The van der Waals surface area contributed by atoms with E-state index < -0.39 is 6.04 Å². The maximum Gasteiger partial charge on any atom is 0.255 e. The molecule has 9 nitrogen and oxygen atoms in total. The molecule has 1 aromatic heterocycles. The number of nitrogens with one attached hydrogen (secondary N) is 2. The maximum atomic E-state index is 13.4. The van der Waals surface area contributed by atoms with Crippen LogP contribution in [0.2, 0.25) is 0 Å². The molecule has 0 saturated heterocycles. The number of unbranched alkanes of at least 4 members (excludes halogenated alkanes) is 1. The molecule has 33 heavy (non-hydrogen) atoms. The average Bonchev–Trinajstić information content (AvgIpc) is 3.28. The Morgan fingerprint density at radius 3 is 2.70 bits per heavy atom. The van der Waals surface area contributed by atoms with Gasteiger partial charge in [0.05, 0.1) is 18.8 Å². The predicted molar refractivity (Wildman–Crippen MR) is 125 cm³/mol. The number of rotatable bonds is 9. The average molecular weight is 449 g/mol. The number of carbonyl (C=O) groups excluding carboxylic acids is 1. The van der Waals surface area contributed by atoms with Crippen LogP contribution in [0, 0.1) is 0 Å². The summed E-state index contributed by atoms with van der Waals surface area (Å²) in [5.74, 6) is 1.53. The van der Waals surface area contributed by atoms with Crippen LogP contribution in [-0.4, -0.2) is 39.3 Å². The first-order valence-electron chi connectivity index (χ1n) is 11.1. The van der Waals surface area contributed by atoms with Crippen LogP contribution in [0.5, 0.6) is 11.5 Å². The topological polar surface area (TPSA) is 103 Å². The van der Waals surface area contributed by atoms with Crippen LogP contribution in [0.15, 0.2) is 59.8 Å². The van der Waals surface area contributed by atoms with Gasteiger partial charge in [-0.15, -0.1) is 0 Å². The number of nitrogens with zero attached hydrogens (tertiary/aromatic N) is 4. The van der Waals surface area contributed by atoms with Gasteiger partial charge in [-0.3, -0.25) is 4.79 Å². The molecule has 0 bridgehead atoms. The van der Waals surface area contributed by atoms with Crippen molar-refractivity contribution in [2.75, 3.05) is 23.8 Å². The molecular weight excluding hydrogens is 420 g/mol. The zero-order chi connectivity index (χ0) is 23.2. The molecule has 4 rings (SSSR count).